The lowest BCUT2D eigenvalue weighted by Crippen LogP contribution is -2.51. The lowest BCUT2D eigenvalue weighted by Gasteiger charge is -2.38. The second-order valence-electron chi connectivity index (χ2n) is 11.0. The van der Waals surface area contributed by atoms with Gasteiger partial charge in [0.15, 0.2) is 14.4 Å². The maximum atomic E-state index is 13.5. The van der Waals surface area contributed by atoms with Crippen molar-refractivity contribution in [3.63, 3.8) is 0 Å². The van der Waals surface area contributed by atoms with Gasteiger partial charge in [-0.3, -0.25) is 4.79 Å². The second-order valence-corrected chi connectivity index (χ2v) is 15.8. The molecule has 0 amide bonds. The highest BCUT2D eigenvalue weighted by Crippen LogP contribution is 2.45. The first-order valence-electron chi connectivity index (χ1n) is 12.8. The minimum atomic E-state index is -2.25. The normalized spacial score (nSPS) is 23.5. The number of ether oxygens (including phenoxy) is 4. The van der Waals surface area contributed by atoms with E-state index in [0.717, 1.165) is 0 Å². The van der Waals surface area contributed by atoms with Crippen molar-refractivity contribution in [3.05, 3.63) is 71.8 Å². The van der Waals surface area contributed by atoms with Gasteiger partial charge in [-0.25, -0.2) is 9.59 Å². The molecule has 4 atom stereocenters. The van der Waals surface area contributed by atoms with Gasteiger partial charge in [0.05, 0.1) is 24.3 Å². The van der Waals surface area contributed by atoms with Crippen molar-refractivity contribution in [2.24, 2.45) is 5.41 Å². The summed E-state index contributed by atoms with van der Waals surface area (Å²) in [5.41, 5.74) is -0.930. The molecule has 9 heteroatoms. The van der Waals surface area contributed by atoms with Gasteiger partial charge in [-0.15, -0.1) is 0 Å². The molecular weight excluding hydrogens is 504 g/mol. The molecular formula is C29H38O8Si. The molecule has 0 bridgehead atoms. The SMILES string of the molecule is CCOC(=O)C1(C)C(OC(=O)c2ccccc2)C(OC(=O)c2ccccc2)O[C@@H]1CO[Si](C)(C)C(C)(C)C. The molecule has 1 saturated heterocycles. The Morgan fingerprint density at radius 2 is 1.39 bits per heavy atom. The van der Waals surface area contributed by atoms with E-state index in [1.807, 2.05) is 0 Å². The average molecular weight is 543 g/mol. The van der Waals surface area contributed by atoms with Crippen LogP contribution in [0.5, 0.6) is 0 Å². The number of benzene rings is 2. The van der Waals surface area contributed by atoms with E-state index in [2.05, 4.69) is 33.9 Å². The zero-order chi connectivity index (χ0) is 28.1. The molecule has 0 radical (unpaired) electrons. The third-order valence-corrected chi connectivity index (χ3v) is 11.9. The third kappa shape index (κ3) is 6.34. The molecule has 2 aromatic carbocycles. The smallest absolute Gasteiger partial charge is 0.340 e. The predicted octanol–water partition coefficient (Wildman–Crippen LogP) is 5.39. The Morgan fingerprint density at radius 1 is 0.895 bits per heavy atom. The van der Waals surface area contributed by atoms with Gasteiger partial charge in [0, 0.05) is 0 Å². The highest BCUT2D eigenvalue weighted by molar-refractivity contribution is 6.74. The zero-order valence-electron chi connectivity index (χ0n) is 23.2. The number of carbonyl (C=O) groups is 3. The Hall–Kier alpha value is -3.01. The highest BCUT2D eigenvalue weighted by atomic mass is 28.4. The minimum Gasteiger partial charge on any atom is -0.465 e. The fourth-order valence-electron chi connectivity index (χ4n) is 3.86. The molecule has 0 spiro atoms. The Morgan fingerprint density at radius 3 is 1.87 bits per heavy atom. The summed E-state index contributed by atoms with van der Waals surface area (Å²) < 4.78 is 29.6. The van der Waals surface area contributed by atoms with Crippen LogP contribution in [0.3, 0.4) is 0 Å². The van der Waals surface area contributed by atoms with Gasteiger partial charge in [-0.05, 0) is 56.2 Å². The number of rotatable bonds is 9. The van der Waals surface area contributed by atoms with Crippen LogP contribution in [0.4, 0.5) is 0 Å². The van der Waals surface area contributed by atoms with Crippen molar-refractivity contribution >= 4 is 26.2 Å². The maximum Gasteiger partial charge on any atom is 0.340 e. The van der Waals surface area contributed by atoms with E-state index >= 15 is 0 Å². The van der Waals surface area contributed by atoms with Crippen LogP contribution in [-0.2, 0) is 28.2 Å². The summed E-state index contributed by atoms with van der Waals surface area (Å²) >= 11 is 0. The lowest BCUT2D eigenvalue weighted by atomic mass is 9.80. The summed E-state index contributed by atoms with van der Waals surface area (Å²) in [5.74, 6) is -1.98. The third-order valence-electron chi connectivity index (χ3n) is 7.40. The largest absolute Gasteiger partial charge is 0.465 e. The van der Waals surface area contributed by atoms with Crippen molar-refractivity contribution in [1.82, 2.24) is 0 Å². The first-order chi connectivity index (χ1) is 17.8. The molecule has 0 N–H and O–H groups in total. The Balaban J connectivity index is 1.99. The van der Waals surface area contributed by atoms with Crippen molar-refractivity contribution in [2.45, 2.75) is 71.2 Å². The fraction of sp³-hybridized carbons (Fsp3) is 0.483. The molecule has 1 aliphatic heterocycles. The van der Waals surface area contributed by atoms with E-state index < -0.39 is 50.1 Å². The molecule has 1 aliphatic rings. The van der Waals surface area contributed by atoms with Gasteiger partial charge in [0.2, 0.25) is 6.29 Å². The molecule has 1 fully saturated rings. The van der Waals surface area contributed by atoms with Crippen LogP contribution < -0.4 is 0 Å². The van der Waals surface area contributed by atoms with E-state index in [0.29, 0.717) is 5.56 Å². The molecule has 0 aliphatic carbocycles. The molecule has 1 heterocycles. The van der Waals surface area contributed by atoms with Gasteiger partial charge < -0.3 is 23.4 Å². The van der Waals surface area contributed by atoms with Crippen LogP contribution in [0.25, 0.3) is 0 Å². The molecule has 0 saturated carbocycles. The summed E-state index contributed by atoms with van der Waals surface area (Å²) in [5, 5.41) is -0.0930. The Kier molecular flexibility index (Phi) is 9.17. The molecule has 3 unspecified atom stereocenters. The Labute approximate surface area is 225 Å². The lowest BCUT2D eigenvalue weighted by molar-refractivity contribution is -0.163. The van der Waals surface area contributed by atoms with E-state index in [1.54, 1.807) is 74.5 Å². The van der Waals surface area contributed by atoms with Crippen molar-refractivity contribution < 1.29 is 37.8 Å². The van der Waals surface area contributed by atoms with Gasteiger partial charge >= 0.3 is 17.9 Å². The van der Waals surface area contributed by atoms with Gasteiger partial charge in [0.25, 0.3) is 0 Å². The number of carbonyl (C=O) groups excluding carboxylic acids is 3. The van der Waals surface area contributed by atoms with Crippen LogP contribution in [0, 0.1) is 5.41 Å². The summed E-state index contributed by atoms with van der Waals surface area (Å²) in [6.45, 7) is 13.9. The average Bonchev–Trinajstić information content (AvgIpc) is 3.14. The van der Waals surface area contributed by atoms with Crippen molar-refractivity contribution in [3.8, 4) is 0 Å². The maximum absolute atomic E-state index is 13.5. The van der Waals surface area contributed by atoms with Crippen LogP contribution in [0.15, 0.2) is 60.7 Å². The first-order valence-corrected chi connectivity index (χ1v) is 15.7. The molecule has 3 rings (SSSR count). The summed E-state index contributed by atoms with van der Waals surface area (Å²) in [4.78, 5) is 39.6. The molecule has 8 nitrogen and oxygen atoms in total. The van der Waals surface area contributed by atoms with Crippen molar-refractivity contribution in [2.75, 3.05) is 13.2 Å². The van der Waals surface area contributed by atoms with E-state index in [4.69, 9.17) is 23.4 Å². The van der Waals surface area contributed by atoms with Crippen LogP contribution in [-0.4, -0.2) is 57.9 Å². The van der Waals surface area contributed by atoms with E-state index in [9.17, 15) is 14.4 Å². The second kappa shape index (κ2) is 11.8. The molecule has 2 aromatic rings. The molecule has 0 aromatic heterocycles. The molecule has 206 valence electrons. The predicted molar refractivity (Wildman–Crippen MR) is 144 cm³/mol. The minimum absolute atomic E-state index is 0.0323. The quantitative estimate of drug-likeness (QED) is 0.237. The topological polar surface area (TPSA) is 97.4 Å². The fourth-order valence-corrected chi connectivity index (χ4v) is 4.86. The van der Waals surface area contributed by atoms with Crippen LogP contribution >= 0.6 is 0 Å². The van der Waals surface area contributed by atoms with E-state index in [-0.39, 0.29) is 23.8 Å². The van der Waals surface area contributed by atoms with Crippen molar-refractivity contribution in [1.29, 1.82) is 0 Å². The number of esters is 3. The van der Waals surface area contributed by atoms with Gasteiger partial charge in [-0.1, -0.05) is 57.2 Å². The zero-order valence-corrected chi connectivity index (χ0v) is 24.2. The van der Waals surface area contributed by atoms with Crippen LogP contribution in [0.2, 0.25) is 18.1 Å². The van der Waals surface area contributed by atoms with E-state index in [1.165, 1.54) is 0 Å². The van der Waals surface area contributed by atoms with Gasteiger partial charge in [0.1, 0.15) is 11.5 Å². The first kappa shape index (κ1) is 29.5. The van der Waals surface area contributed by atoms with Crippen LogP contribution in [0.1, 0.15) is 55.3 Å². The molecule has 38 heavy (non-hydrogen) atoms. The standard InChI is InChI=1S/C29H38O8Si/c1-8-33-27(32)29(5)22(19-34-38(6,7)28(2,3)4)35-26(37-25(31)21-17-13-10-14-18-21)23(29)36-24(30)20-15-11-9-12-16-20/h9-18,22-23,26H,8,19H2,1-7H3/t22-,23?,26?,29?/m1/s1. The van der Waals surface area contributed by atoms with Gasteiger partial charge in [-0.2, -0.15) is 0 Å². The number of hydrogen-bond acceptors (Lipinski definition) is 8. The Bertz CT molecular complexity index is 1110. The number of hydrogen-bond donors (Lipinski definition) is 0. The summed E-state index contributed by atoms with van der Waals surface area (Å²) in [6, 6.07) is 16.8. The monoisotopic (exact) mass is 542 g/mol. The summed E-state index contributed by atoms with van der Waals surface area (Å²) in [6.07, 6.45) is -3.55. The summed E-state index contributed by atoms with van der Waals surface area (Å²) in [7, 11) is -2.25. The highest BCUT2D eigenvalue weighted by Gasteiger charge is 2.63.